The van der Waals surface area contributed by atoms with Crippen molar-refractivity contribution in [1.29, 1.82) is 0 Å². The highest BCUT2D eigenvalue weighted by Crippen LogP contribution is 2.20. The zero-order valence-electron chi connectivity index (χ0n) is 11.3. The molecule has 6 heteroatoms. The molecule has 19 heavy (non-hydrogen) atoms. The maximum atomic E-state index is 5.76. The molecule has 3 N–H and O–H groups in total. The predicted octanol–water partition coefficient (Wildman–Crippen LogP) is 2.00. The molecule has 0 radical (unpaired) electrons. The minimum Gasteiger partial charge on any atom is -0.469 e. The summed E-state index contributed by atoms with van der Waals surface area (Å²) in [5, 5.41) is 7.74. The number of aryl methyl sites for hydroxylation is 2. The number of nitrogens with two attached hydrogens (primary N) is 1. The second-order valence-electron chi connectivity index (χ2n) is 4.63. The Morgan fingerprint density at radius 2 is 2.37 bits per heavy atom. The second kappa shape index (κ2) is 5.44. The van der Waals surface area contributed by atoms with E-state index in [-0.39, 0.29) is 6.04 Å². The number of nitrogens with one attached hydrogen (secondary N) is 1. The van der Waals surface area contributed by atoms with E-state index in [4.69, 9.17) is 22.4 Å². The van der Waals surface area contributed by atoms with Crippen LogP contribution in [-0.2, 0) is 13.5 Å². The topological polar surface area (TPSA) is 69.0 Å². The van der Waals surface area contributed by atoms with Crippen molar-refractivity contribution in [2.24, 2.45) is 12.8 Å². The van der Waals surface area contributed by atoms with Gasteiger partial charge in [-0.15, -0.1) is 0 Å². The Balaban J connectivity index is 2.16. The fraction of sp³-hybridized carbons (Fsp3) is 0.385. The molecule has 0 aliphatic heterocycles. The van der Waals surface area contributed by atoms with E-state index in [1.54, 1.807) is 10.9 Å². The Labute approximate surface area is 117 Å². The van der Waals surface area contributed by atoms with Gasteiger partial charge in [-0.3, -0.25) is 4.68 Å². The predicted molar refractivity (Wildman–Crippen MR) is 79.3 cm³/mol. The maximum Gasteiger partial charge on any atom is 0.134 e. The molecule has 0 saturated heterocycles. The number of rotatable bonds is 5. The van der Waals surface area contributed by atoms with Crippen molar-refractivity contribution in [3.63, 3.8) is 0 Å². The normalized spacial score (nSPS) is 12.4. The molecule has 0 bridgehead atoms. The monoisotopic (exact) mass is 278 g/mol. The Morgan fingerprint density at radius 3 is 2.95 bits per heavy atom. The average Bonchev–Trinajstić information content (AvgIpc) is 2.88. The molecule has 1 atom stereocenters. The Kier molecular flexibility index (Phi) is 3.90. The molecule has 2 aromatic heterocycles. The zero-order valence-corrected chi connectivity index (χ0v) is 12.1. The molecule has 0 fully saturated rings. The van der Waals surface area contributed by atoms with Crippen LogP contribution in [-0.4, -0.2) is 20.8 Å². The molecule has 102 valence electrons. The van der Waals surface area contributed by atoms with Gasteiger partial charge in [0.15, 0.2) is 0 Å². The Bertz CT molecular complexity index is 574. The average molecular weight is 278 g/mol. The summed E-state index contributed by atoms with van der Waals surface area (Å²) >= 11 is 5.09. The van der Waals surface area contributed by atoms with E-state index in [1.165, 1.54) is 0 Å². The molecule has 0 aliphatic rings. The quantitative estimate of drug-likeness (QED) is 0.819. The molecule has 0 saturated carbocycles. The molecule has 2 rings (SSSR count). The lowest BCUT2D eigenvalue weighted by atomic mass is 10.1. The number of hydrogen-bond acceptors (Lipinski definition) is 4. The lowest BCUT2D eigenvalue weighted by Crippen LogP contribution is -2.22. The lowest BCUT2D eigenvalue weighted by molar-refractivity contribution is 0.497. The van der Waals surface area contributed by atoms with E-state index in [0.29, 0.717) is 4.99 Å². The molecule has 2 aromatic rings. The molecule has 0 aliphatic carbocycles. The third-order valence-corrected chi connectivity index (χ3v) is 3.14. The first-order chi connectivity index (χ1) is 8.99. The summed E-state index contributed by atoms with van der Waals surface area (Å²) in [4.78, 5) is 0.360. The van der Waals surface area contributed by atoms with Crippen molar-refractivity contribution in [2.75, 3.05) is 5.32 Å². The van der Waals surface area contributed by atoms with E-state index < -0.39 is 0 Å². The molecule has 2 heterocycles. The Hall–Kier alpha value is -1.82. The van der Waals surface area contributed by atoms with Gasteiger partial charge in [-0.1, -0.05) is 12.2 Å². The fourth-order valence-electron chi connectivity index (χ4n) is 2.13. The van der Waals surface area contributed by atoms with Crippen molar-refractivity contribution < 1.29 is 4.42 Å². The van der Waals surface area contributed by atoms with Crippen LogP contribution in [0.3, 0.4) is 0 Å². The van der Waals surface area contributed by atoms with Crippen LogP contribution in [0.4, 0.5) is 5.82 Å². The third kappa shape index (κ3) is 2.96. The molecular formula is C13H18N4OS. The highest BCUT2D eigenvalue weighted by molar-refractivity contribution is 7.80. The molecule has 0 aromatic carbocycles. The Morgan fingerprint density at radius 1 is 1.63 bits per heavy atom. The van der Waals surface area contributed by atoms with Crippen molar-refractivity contribution in [3.8, 4) is 0 Å². The van der Waals surface area contributed by atoms with Crippen LogP contribution >= 0.6 is 12.2 Å². The van der Waals surface area contributed by atoms with E-state index in [1.807, 2.05) is 26.1 Å². The minimum atomic E-state index is 0.189. The SMILES string of the molecule is Cc1nn(C)c(NC(C)Cc2ccco2)c1C(N)=S. The summed E-state index contributed by atoms with van der Waals surface area (Å²) in [7, 11) is 1.87. The van der Waals surface area contributed by atoms with Gasteiger partial charge in [0.1, 0.15) is 16.6 Å². The van der Waals surface area contributed by atoms with Gasteiger partial charge < -0.3 is 15.5 Å². The summed E-state index contributed by atoms with van der Waals surface area (Å²) < 4.78 is 7.11. The third-order valence-electron chi connectivity index (χ3n) is 2.94. The van der Waals surface area contributed by atoms with Crippen LogP contribution in [0.1, 0.15) is 23.9 Å². The number of furan rings is 1. The van der Waals surface area contributed by atoms with Gasteiger partial charge in [-0.25, -0.2) is 0 Å². The van der Waals surface area contributed by atoms with E-state index in [2.05, 4.69) is 17.3 Å². The molecule has 1 unspecified atom stereocenters. The van der Waals surface area contributed by atoms with Crippen molar-refractivity contribution in [2.45, 2.75) is 26.3 Å². The highest BCUT2D eigenvalue weighted by atomic mass is 32.1. The first kappa shape index (κ1) is 13.6. The van der Waals surface area contributed by atoms with Crippen LogP contribution in [0, 0.1) is 6.92 Å². The summed E-state index contributed by atoms with van der Waals surface area (Å²) in [5.41, 5.74) is 7.40. The lowest BCUT2D eigenvalue weighted by Gasteiger charge is -2.15. The largest absolute Gasteiger partial charge is 0.469 e. The smallest absolute Gasteiger partial charge is 0.134 e. The highest BCUT2D eigenvalue weighted by Gasteiger charge is 2.17. The van der Waals surface area contributed by atoms with Crippen LogP contribution in [0.15, 0.2) is 22.8 Å². The first-order valence-electron chi connectivity index (χ1n) is 6.11. The van der Waals surface area contributed by atoms with Crippen LogP contribution in [0.2, 0.25) is 0 Å². The van der Waals surface area contributed by atoms with Gasteiger partial charge in [-0.2, -0.15) is 5.10 Å². The van der Waals surface area contributed by atoms with Gasteiger partial charge in [0.05, 0.1) is 17.5 Å². The van der Waals surface area contributed by atoms with Gasteiger partial charge in [-0.05, 0) is 26.0 Å². The number of hydrogen-bond donors (Lipinski definition) is 2. The number of aromatic nitrogens is 2. The standard InChI is InChI=1S/C13H18N4OS/c1-8(7-10-5-4-6-18-10)15-13-11(12(14)19)9(2)16-17(13)3/h4-6,8,15H,7H2,1-3H3,(H2,14,19). The zero-order chi connectivity index (χ0) is 14.0. The number of anilines is 1. The first-order valence-corrected chi connectivity index (χ1v) is 6.52. The summed E-state index contributed by atoms with van der Waals surface area (Å²) in [5.74, 6) is 1.79. The van der Waals surface area contributed by atoms with Gasteiger partial charge in [0.2, 0.25) is 0 Å². The fourth-order valence-corrected chi connectivity index (χ4v) is 2.38. The molecule has 0 amide bonds. The van der Waals surface area contributed by atoms with Crippen molar-refractivity contribution in [3.05, 3.63) is 35.4 Å². The van der Waals surface area contributed by atoms with E-state index in [0.717, 1.165) is 29.3 Å². The summed E-state index contributed by atoms with van der Waals surface area (Å²) in [6.07, 6.45) is 2.46. The van der Waals surface area contributed by atoms with Crippen LogP contribution < -0.4 is 11.1 Å². The van der Waals surface area contributed by atoms with Crippen molar-refractivity contribution >= 4 is 23.0 Å². The van der Waals surface area contributed by atoms with Crippen LogP contribution in [0.5, 0.6) is 0 Å². The van der Waals surface area contributed by atoms with E-state index in [9.17, 15) is 0 Å². The minimum absolute atomic E-state index is 0.189. The van der Waals surface area contributed by atoms with Gasteiger partial charge in [0.25, 0.3) is 0 Å². The van der Waals surface area contributed by atoms with Gasteiger partial charge in [0, 0.05) is 19.5 Å². The van der Waals surface area contributed by atoms with E-state index >= 15 is 0 Å². The van der Waals surface area contributed by atoms with Crippen molar-refractivity contribution in [1.82, 2.24) is 9.78 Å². The second-order valence-corrected chi connectivity index (χ2v) is 5.07. The summed E-state index contributed by atoms with van der Waals surface area (Å²) in [6, 6.07) is 4.03. The maximum absolute atomic E-state index is 5.76. The number of nitrogens with zero attached hydrogens (tertiary/aromatic N) is 2. The molecule has 0 spiro atoms. The molecular weight excluding hydrogens is 260 g/mol. The van der Waals surface area contributed by atoms with Gasteiger partial charge >= 0.3 is 0 Å². The summed E-state index contributed by atoms with van der Waals surface area (Å²) in [6.45, 7) is 3.98. The molecule has 5 nitrogen and oxygen atoms in total. The number of thiocarbonyl (C=S) groups is 1. The van der Waals surface area contributed by atoms with Crippen LogP contribution in [0.25, 0.3) is 0 Å².